The number of nitrogens with zero attached hydrogens (tertiary/aromatic N) is 1. The third-order valence-corrected chi connectivity index (χ3v) is 7.25. The molecule has 0 aliphatic rings. The highest BCUT2D eigenvalue weighted by Crippen LogP contribution is 2.34. The summed E-state index contributed by atoms with van der Waals surface area (Å²) < 4.78 is 22.3. The van der Waals surface area contributed by atoms with Crippen LogP contribution in [-0.4, -0.2) is 26.4 Å². The fourth-order valence-corrected chi connectivity index (χ4v) is 4.84. The summed E-state index contributed by atoms with van der Waals surface area (Å²) in [6.45, 7) is 2.06. The van der Waals surface area contributed by atoms with E-state index in [1.807, 2.05) is 84.7 Å². The number of aryl methyl sites for hydroxylation is 1. The van der Waals surface area contributed by atoms with Gasteiger partial charge in [-0.3, -0.25) is 4.79 Å². The number of fused-ring (bicyclic) bond motifs is 2. The molecule has 216 valence electrons. The standard InChI is InChI=1S/C19H17NOS.C17H14O4/c1-14-6-5-9-17(12-14)20(2)19(22)21-18-11-10-15-7-3-4-8-16(15)13-18;1-19-13-10-6-9-12-14(18)17(20-2)15(21-16(12)13)11-7-4-3-5-8-11/h3-13H,1-2H3;3-10H,1-2H3. The molecule has 0 bridgehead atoms. The molecule has 1 heterocycles. The summed E-state index contributed by atoms with van der Waals surface area (Å²) in [7, 11) is 4.92. The molecule has 43 heavy (non-hydrogen) atoms. The van der Waals surface area contributed by atoms with Gasteiger partial charge in [0.25, 0.3) is 5.17 Å². The Balaban J connectivity index is 0.000000171. The molecule has 0 unspecified atom stereocenters. The van der Waals surface area contributed by atoms with E-state index in [2.05, 4.69) is 31.2 Å². The lowest BCUT2D eigenvalue weighted by atomic mass is 10.1. The highest BCUT2D eigenvalue weighted by Gasteiger charge is 2.18. The van der Waals surface area contributed by atoms with Gasteiger partial charge in [0.15, 0.2) is 17.1 Å². The Morgan fingerprint density at radius 2 is 1.49 bits per heavy atom. The fraction of sp³-hybridized carbons (Fsp3) is 0.111. The minimum Gasteiger partial charge on any atom is -0.493 e. The quantitative estimate of drug-likeness (QED) is 0.187. The smallest absolute Gasteiger partial charge is 0.269 e. The molecule has 6 aromatic rings. The minimum absolute atomic E-state index is 0.196. The predicted molar refractivity (Wildman–Crippen MR) is 178 cm³/mol. The summed E-state index contributed by atoms with van der Waals surface area (Å²) >= 11 is 5.41. The summed E-state index contributed by atoms with van der Waals surface area (Å²) in [5.74, 6) is 1.87. The average Bonchev–Trinajstić information content (AvgIpc) is 3.04. The summed E-state index contributed by atoms with van der Waals surface area (Å²) in [5.41, 5.74) is 3.20. The summed E-state index contributed by atoms with van der Waals surface area (Å²) in [5, 5.41) is 3.19. The van der Waals surface area contributed by atoms with E-state index in [1.54, 1.807) is 25.3 Å². The van der Waals surface area contributed by atoms with Gasteiger partial charge in [-0.1, -0.05) is 78.9 Å². The van der Waals surface area contributed by atoms with E-state index in [9.17, 15) is 4.79 Å². The number of rotatable bonds is 5. The monoisotopic (exact) mass is 589 g/mol. The number of hydrogen-bond donors (Lipinski definition) is 0. The molecule has 0 atom stereocenters. The van der Waals surface area contributed by atoms with Crippen LogP contribution in [0.15, 0.2) is 124 Å². The number of thiocarbonyl (C=S) groups is 1. The van der Waals surface area contributed by atoms with Crippen molar-refractivity contribution in [3.63, 3.8) is 0 Å². The Hall–Kier alpha value is -5.14. The van der Waals surface area contributed by atoms with Crippen LogP contribution in [0.2, 0.25) is 0 Å². The zero-order chi connectivity index (χ0) is 30.3. The van der Waals surface area contributed by atoms with Gasteiger partial charge < -0.3 is 23.5 Å². The average molecular weight is 590 g/mol. The molecule has 0 spiro atoms. The third-order valence-electron chi connectivity index (χ3n) is 6.89. The van der Waals surface area contributed by atoms with Crippen molar-refractivity contribution in [1.82, 2.24) is 0 Å². The first-order chi connectivity index (χ1) is 20.9. The van der Waals surface area contributed by atoms with Crippen molar-refractivity contribution in [3.05, 3.63) is 131 Å². The molecular formula is C36H31NO5S. The van der Waals surface area contributed by atoms with Crippen molar-refractivity contribution >= 4 is 44.8 Å². The predicted octanol–water partition coefficient (Wildman–Crippen LogP) is 8.43. The SMILES string of the molecule is COc1c(-c2ccccc2)oc2c(OC)cccc2c1=O.Cc1cccc(N(C)C(=S)Oc2ccc3ccccc3c2)c1. The number of para-hydroxylation sites is 1. The van der Waals surface area contributed by atoms with Gasteiger partial charge in [0.1, 0.15) is 5.75 Å². The molecule has 0 N–H and O–H groups in total. The lowest BCUT2D eigenvalue weighted by Crippen LogP contribution is -2.29. The van der Waals surface area contributed by atoms with E-state index < -0.39 is 0 Å². The van der Waals surface area contributed by atoms with Gasteiger partial charge in [-0.2, -0.15) is 0 Å². The van der Waals surface area contributed by atoms with E-state index in [4.69, 9.17) is 30.8 Å². The maximum Gasteiger partial charge on any atom is 0.269 e. The summed E-state index contributed by atoms with van der Waals surface area (Å²) in [4.78, 5) is 14.5. The minimum atomic E-state index is -0.212. The number of hydrogen-bond acceptors (Lipinski definition) is 6. The zero-order valence-corrected chi connectivity index (χ0v) is 25.2. The number of benzene rings is 5. The van der Waals surface area contributed by atoms with Crippen LogP contribution in [0, 0.1) is 6.92 Å². The maximum absolute atomic E-state index is 12.6. The van der Waals surface area contributed by atoms with Crippen molar-refractivity contribution in [1.29, 1.82) is 0 Å². The normalized spacial score (nSPS) is 10.5. The van der Waals surface area contributed by atoms with E-state index in [-0.39, 0.29) is 11.2 Å². The molecule has 5 aromatic carbocycles. The number of methoxy groups -OCH3 is 2. The number of anilines is 1. The lowest BCUT2D eigenvalue weighted by molar-refractivity contribution is 0.391. The Morgan fingerprint density at radius 1 is 0.767 bits per heavy atom. The molecule has 0 aliphatic heterocycles. The van der Waals surface area contributed by atoms with Crippen LogP contribution >= 0.6 is 12.2 Å². The molecule has 1 aromatic heterocycles. The molecule has 0 saturated heterocycles. The van der Waals surface area contributed by atoms with Crippen LogP contribution in [0.5, 0.6) is 17.2 Å². The van der Waals surface area contributed by atoms with Crippen LogP contribution in [0.3, 0.4) is 0 Å². The Morgan fingerprint density at radius 3 is 2.21 bits per heavy atom. The van der Waals surface area contributed by atoms with Crippen molar-refractivity contribution in [2.24, 2.45) is 0 Å². The molecule has 6 nitrogen and oxygen atoms in total. The van der Waals surface area contributed by atoms with E-state index >= 15 is 0 Å². The maximum atomic E-state index is 12.6. The van der Waals surface area contributed by atoms with Gasteiger partial charge in [-0.25, -0.2) is 0 Å². The van der Waals surface area contributed by atoms with E-state index in [0.717, 1.165) is 22.4 Å². The summed E-state index contributed by atoms with van der Waals surface area (Å²) in [6.07, 6.45) is 0. The van der Waals surface area contributed by atoms with Crippen molar-refractivity contribution in [2.75, 3.05) is 26.2 Å². The summed E-state index contributed by atoms with van der Waals surface area (Å²) in [6, 6.07) is 36.9. The zero-order valence-electron chi connectivity index (χ0n) is 24.4. The molecule has 0 amide bonds. The van der Waals surface area contributed by atoms with Gasteiger partial charge in [0.05, 0.1) is 19.6 Å². The highest BCUT2D eigenvalue weighted by molar-refractivity contribution is 7.80. The van der Waals surface area contributed by atoms with Crippen molar-refractivity contribution < 1.29 is 18.6 Å². The van der Waals surface area contributed by atoms with Crippen molar-refractivity contribution in [3.8, 4) is 28.6 Å². The van der Waals surface area contributed by atoms with Crippen LogP contribution in [-0.2, 0) is 0 Å². The Kier molecular flexibility index (Phi) is 9.03. The third kappa shape index (κ3) is 6.52. The molecule has 0 aliphatic carbocycles. The van der Waals surface area contributed by atoms with Crippen LogP contribution in [0.4, 0.5) is 5.69 Å². The second-order valence-electron chi connectivity index (χ2n) is 9.77. The fourth-order valence-electron chi connectivity index (χ4n) is 4.64. The Bertz CT molecular complexity index is 1950. The molecular weight excluding hydrogens is 558 g/mol. The second kappa shape index (κ2) is 13.2. The second-order valence-corrected chi connectivity index (χ2v) is 10.1. The first-order valence-electron chi connectivity index (χ1n) is 13.6. The van der Waals surface area contributed by atoms with Gasteiger partial charge in [0, 0.05) is 18.3 Å². The van der Waals surface area contributed by atoms with E-state index in [1.165, 1.54) is 18.1 Å². The number of ether oxygens (including phenoxy) is 3. The largest absolute Gasteiger partial charge is 0.493 e. The topological polar surface area (TPSA) is 61.1 Å². The molecule has 0 fully saturated rings. The first kappa shape index (κ1) is 29.4. The lowest BCUT2D eigenvalue weighted by Gasteiger charge is -2.20. The van der Waals surface area contributed by atoms with Crippen LogP contribution in [0.1, 0.15) is 5.56 Å². The van der Waals surface area contributed by atoms with Crippen LogP contribution < -0.4 is 24.5 Å². The van der Waals surface area contributed by atoms with Gasteiger partial charge in [-0.05, 0) is 71.9 Å². The molecule has 0 saturated carbocycles. The van der Waals surface area contributed by atoms with Gasteiger partial charge in [0.2, 0.25) is 11.2 Å². The highest BCUT2D eigenvalue weighted by atomic mass is 32.1. The van der Waals surface area contributed by atoms with E-state index in [0.29, 0.717) is 27.7 Å². The molecule has 0 radical (unpaired) electrons. The van der Waals surface area contributed by atoms with Gasteiger partial charge >= 0.3 is 0 Å². The molecule has 6 rings (SSSR count). The molecule has 7 heteroatoms. The van der Waals surface area contributed by atoms with Gasteiger partial charge in [-0.15, -0.1) is 0 Å². The Labute approximate surface area is 255 Å². The van der Waals surface area contributed by atoms with Crippen molar-refractivity contribution in [2.45, 2.75) is 6.92 Å². The van der Waals surface area contributed by atoms with Crippen LogP contribution in [0.25, 0.3) is 33.1 Å². The first-order valence-corrected chi connectivity index (χ1v) is 14.0.